The van der Waals surface area contributed by atoms with Crippen molar-refractivity contribution in [2.45, 2.75) is 6.04 Å². The van der Waals surface area contributed by atoms with E-state index in [-0.39, 0.29) is 17.1 Å². The third-order valence-corrected chi connectivity index (χ3v) is 3.45. The molecule has 0 aliphatic heterocycles. The Hall–Kier alpha value is -2.54. The first kappa shape index (κ1) is 13.9. The number of aliphatic carboxylic acids is 1. The lowest BCUT2D eigenvalue weighted by atomic mass is 10.1. The third kappa shape index (κ3) is 3.07. The summed E-state index contributed by atoms with van der Waals surface area (Å²) in [4.78, 5) is 23.6. The van der Waals surface area contributed by atoms with Gasteiger partial charge in [0.2, 0.25) is 0 Å². The first-order chi connectivity index (χ1) is 9.47. The molecule has 7 heteroatoms. The lowest BCUT2D eigenvalue weighted by Crippen LogP contribution is -2.33. The van der Waals surface area contributed by atoms with E-state index in [4.69, 9.17) is 5.11 Å². The summed E-state index contributed by atoms with van der Waals surface area (Å²) in [5.74, 6) is -2.45. The number of phenolic OH excluding ortho intramolecular Hbond substituents is 2. The first-order valence-electron chi connectivity index (χ1n) is 5.57. The van der Waals surface area contributed by atoms with Crippen molar-refractivity contribution < 1.29 is 24.9 Å². The van der Waals surface area contributed by atoms with Crippen molar-refractivity contribution in [2.75, 3.05) is 0 Å². The van der Waals surface area contributed by atoms with Crippen LogP contribution in [0.15, 0.2) is 35.7 Å². The molecule has 1 heterocycles. The molecule has 0 aliphatic carbocycles. The average Bonchev–Trinajstić information content (AvgIpc) is 2.87. The molecule has 20 heavy (non-hydrogen) atoms. The van der Waals surface area contributed by atoms with E-state index >= 15 is 0 Å². The maximum atomic E-state index is 12.0. The van der Waals surface area contributed by atoms with Crippen LogP contribution in [0.1, 0.15) is 21.3 Å². The molecular formula is C13H11NO5S. The number of carbonyl (C=O) groups excluding carboxylic acids is 1. The van der Waals surface area contributed by atoms with E-state index in [9.17, 15) is 19.8 Å². The number of carboxylic acid groups (broad SMARTS) is 1. The zero-order valence-corrected chi connectivity index (χ0v) is 10.9. The SMILES string of the molecule is O=C(NC(C(=O)O)c1cccs1)c1cc(O)cc(O)c1. The highest BCUT2D eigenvalue weighted by atomic mass is 32.1. The maximum Gasteiger partial charge on any atom is 0.331 e. The van der Waals surface area contributed by atoms with Crippen LogP contribution in [0.2, 0.25) is 0 Å². The van der Waals surface area contributed by atoms with Crippen LogP contribution in [0.4, 0.5) is 0 Å². The minimum Gasteiger partial charge on any atom is -0.508 e. The number of hydrogen-bond acceptors (Lipinski definition) is 5. The molecule has 1 unspecified atom stereocenters. The Kier molecular flexibility index (Phi) is 3.90. The zero-order valence-electron chi connectivity index (χ0n) is 10.1. The van der Waals surface area contributed by atoms with Gasteiger partial charge in [0.05, 0.1) is 0 Å². The van der Waals surface area contributed by atoms with Gasteiger partial charge in [-0.05, 0) is 23.6 Å². The zero-order chi connectivity index (χ0) is 14.7. The van der Waals surface area contributed by atoms with E-state index in [1.54, 1.807) is 17.5 Å². The summed E-state index contributed by atoms with van der Waals surface area (Å²) < 4.78 is 0. The molecule has 0 saturated carbocycles. The summed E-state index contributed by atoms with van der Waals surface area (Å²) in [5.41, 5.74) is -0.0229. The molecule has 0 radical (unpaired) electrons. The summed E-state index contributed by atoms with van der Waals surface area (Å²) in [6, 6.07) is 5.47. The van der Waals surface area contributed by atoms with E-state index in [0.717, 1.165) is 18.2 Å². The lowest BCUT2D eigenvalue weighted by Gasteiger charge is -2.13. The van der Waals surface area contributed by atoms with Gasteiger partial charge in [0.25, 0.3) is 5.91 Å². The molecule has 1 atom stereocenters. The highest BCUT2D eigenvalue weighted by Gasteiger charge is 2.23. The van der Waals surface area contributed by atoms with Crippen LogP contribution in [0.3, 0.4) is 0 Å². The van der Waals surface area contributed by atoms with Crippen LogP contribution >= 0.6 is 11.3 Å². The summed E-state index contributed by atoms with van der Waals surface area (Å²) in [5, 5.41) is 31.8. The van der Waals surface area contributed by atoms with Gasteiger partial charge in [-0.15, -0.1) is 11.3 Å². The Bertz CT molecular complexity index is 618. The Morgan fingerprint density at radius 3 is 2.30 bits per heavy atom. The number of hydrogen-bond donors (Lipinski definition) is 4. The Morgan fingerprint density at radius 1 is 1.15 bits per heavy atom. The fourth-order valence-corrected chi connectivity index (χ4v) is 2.42. The maximum absolute atomic E-state index is 12.0. The molecule has 104 valence electrons. The molecule has 2 aromatic rings. The number of amides is 1. The molecule has 6 nitrogen and oxygen atoms in total. The summed E-state index contributed by atoms with van der Waals surface area (Å²) in [6.07, 6.45) is 0. The van der Waals surface area contributed by atoms with Gasteiger partial charge in [-0.1, -0.05) is 6.07 Å². The molecule has 0 saturated heterocycles. The highest BCUT2D eigenvalue weighted by molar-refractivity contribution is 7.10. The Labute approximate surface area is 117 Å². The van der Waals surface area contributed by atoms with Gasteiger partial charge < -0.3 is 20.6 Å². The third-order valence-electron chi connectivity index (χ3n) is 2.51. The minimum atomic E-state index is -1.19. The van der Waals surface area contributed by atoms with Crippen LogP contribution in [-0.4, -0.2) is 27.2 Å². The Morgan fingerprint density at radius 2 is 1.80 bits per heavy atom. The monoisotopic (exact) mass is 293 g/mol. The van der Waals surface area contributed by atoms with Gasteiger partial charge in [-0.3, -0.25) is 4.79 Å². The summed E-state index contributed by atoms with van der Waals surface area (Å²) in [7, 11) is 0. The second kappa shape index (κ2) is 5.62. The highest BCUT2D eigenvalue weighted by Crippen LogP contribution is 2.23. The first-order valence-corrected chi connectivity index (χ1v) is 6.45. The lowest BCUT2D eigenvalue weighted by molar-refractivity contribution is -0.139. The van der Waals surface area contributed by atoms with E-state index < -0.39 is 17.9 Å². The summed E-state index contributed by atoms with van der Waals surface area (Å²) >= 11 is 1.21. The van der Waals surface area contributed by atoms with Gasteiger partial charge >= 0.3 is 5.97 Å². The van der Waals surface area contributed by atoms with Gasteiger partial charge in [-0.2, -0.15) is 0 Å². The quantitative estimate of drug-likeness (QED) is 0.686. The number of phenols is 2. The van der Waals surface area contributed by atoms with E-state index in [1.165, 1.54) is 11.3 Å². The van der Waals surface area contributed by atoms with Gasteiger partial charge in [-0.25, -0.2) is 4.79 Å². The minimum absolute atomic E-state index is 0.0229. The number of carboxylic acids is 1. The number of aromatic hydroxyl groups is 2. The Balaban J connectivity index is 2.23. The molecule has 1 amide bonds. The largest absolute Gasteiger partial charge is 0.508 e. The second-order valence-electron chi connectivity index (χ2n) is 4.00. The molecule has 1 aromatic heterocycles. The van der Waals surface area contributed by atoms with Gasteiger partial charge in [0.15, 0.2) is 6.04 Å². The van der Waals surface area contributed by atoms with Crippen LogP contribution in [0, 0.1) is 0 Å². The topological polar surface area (TPSA) is 107 Å². The molecule has 4 N–H and O–H groups in total. The van der Waals surface area contributed by atoms with Crippen molar-refractivity contribution in [3.05, 3.63) is 46.2 Å². The number of nitrogens with one attached hydrogen (secondary N) is 1. The van der Waals surface area contributed by atoms with Crippen LogP contribution in [0.5, 0.6) is 11.5 Å². The fourth-order valence-electron chi connectivity index (χ4n) is 1.65. The molecule has 0 fully saturated rings. The number of thiophene rings is 1. The molecule has 1 aromatic carbocycles. The smallest absolute Gasteiger partial charge is 0.331 e. The van der Waals surface area contributed by atoms with Crippen molar-refractivity contribution in [3.8, 4) is 11.5 Å². The van der Waals surface area contributed by atoms with Crippen LogP contribution in [0.25, 0.3) is 0 Å². The number of benzene rings is 1. The van der Waals surface area contributed by atoms with Crippen molar-refractivity contribution in [2.24, 2.45) is 0 Å². The number of rotatable bonds is 4. The van der Waals surface area contributed by atoms with Crippen molar-refractivity contribution in [3.63, 3.8) is 0 Å². The second-order valence-corrected chi connectivity index (χ2v) is 4.98. The predicted molar refractivity (Wildman–Crippen MR) is 71.9 cm³/mol. The van der Waals surface area contributed by atoms with Crippen molar-refractivity contribution in [1.82, 2.24) is 5.32 Å². The van der Waals surface area contributed by atoms with Crippen molar-refractivity contribution >= 4 is 23.2 Å². The predicted octanol–water partition coefficient (Wildman–Crippen LogP) is 1.71. The van der Waals surface area contributed by atoms with E-state index in [1.807, 2.05) is 0 Å². The van der Waals surface area contributed by atoms with Crippen molar-refractivity contribution in [1.29, 1.82) is 0 Å². The fraction of sp³-hybridized carbons (Fsp3) is 0.0769. The van der Waals surface area contributed by atoms with E-state index in [0.29, 0.717) is 4.88 Å². The molecular weight excluding hydrogens is 282 g/mol. The number of carbonyl (C=O) groups is 2. The van der Waals surface area contributed by atoms with Crippen LogP contribution in [-0.2, 0) is 4.79 Å². The van der Waals surface area contributed by atoms with Gasteiger partial charge in [0, 0.05) is 16.5 Å². The average molecular weight is 293 g/mol. The molecule has 0 aliphatic rings. The summed E-state index contributed by atoms with van der Waals surface area (Å²) in [6.45, 7) is 0. The molecule has 0 bridgehead atoms. The molecule has 2 rings (SSSR count). The normalized spacial score (nSPS) is 11.8. The van der Waals surface area contributed by atoms with Gasteiger partial charge in [0.1, 0.15) is 11.5 Å². The van der Waals surface area contributed by atoms with Crippen LogP contribution < -0.4 is 5.32 Å². The molecule has 0 spiro atoms. The van der Waals surface area contributed by atoms with E-state index in [2.05, 4.69) is 5.32 Å². The standard InChI is InChI=1S/C13H11NO5S/c15-8-4-7(5-9(16)6-8)12(17)14-11(13(18)19)10-2-1-3-20-10/h1-6,11,15-16H,(H,14,17)(H,18,19).